The number of anilines is 5. The van der Waals surface area contributed by atoms with Crippen LogP contribution in [0.1, 0.15) is 82.0 Å². The number of aryl methyl sites for hydroxylation is 5. The molecule has 0 fully saturated rings. The van der Waals surface area contributed by atoms with Gasteiger partial charge in [0.05, 0.1) is 0 Å². The van der Waals surface area contributed by atoms with E-state index < -0.39 is 0 Å². The number of nitrogens with one attached hydrogen (secondary N) is 5. The predicted molar refractivity (Wildman–Crippen MR) is 522 cm³/mol. The van der Waals surface area contributed by atoms with Gasteiger partial charge in [-0.2, -0.15) is 0 Å². The molecule has 0 saturated carbocycles. The SMILES string of the molecule is Cc1cc(C)c(O)c(Pc2ccccc2CNc2ccccc2)c1.Cc1cc(Pc2ccccc2CNc2ccccc2)c(O)c(C(C)(C)C)c1.Cc1ccc(O)c(Pc2ccccc2CNc2ccccc2)c1.Cc1cccc(Pc2ccccc2CNc2ccccc2)c1O.Oc1ccccc1Pc1ccccc1CNc1ccccc1. The molecule has 5 unspecified atom stereocenters. The summed E-state index contributed by atoms with van der Waals surface area (Å²) in [5, 5.41) is 80.2. The van der Waals surface area contributed by atoms with E-state index >= 15 is 0 Å². The standard InChI is InChI=1S/C24H28NOP.C21H22NOP.2C20H20NOP.C19H18NOP/c1-17-14-20(24(2,3)4)23(26)22(15-17)27-21-13-9-8-10-18(21)16-25-19-11-6-5-7-12-19;1-15-12-16(2)21(23)20(13-15)24-19-11-7-6-8-17(19)14-22-18-9-4-3-5-10-18;1-15-8-7-13-19(20(15)22)23-18-12-6-5-9-16(18)14-21-17-10-3-2-4-11-17;1-15-11-12-18(22)20(13-15)23-19-10-6-5-7-16(19)14-21-17-8-3-2-4-9-17;21-17-11-5-7-13-19(17)22-18-12-6-4-8-15(18)14-20-16-9-2-1-3-10-16/h5-15,25-27H,16H2,1-4H3;3-13,22-24H,14H2,1-2H3;2*2-13,21-23H,14H2,1H3;1-13,20-22H,14H2. The van der Waals surface area contributed by atoms with Crippen molar-refractivity contribution in [2.75, 3.05) is 26.6 Å². The van der Waals surface area contributed by atoms with Crippen LogP contribution in [-0.2, 0) is 38.1 Å². The zero-order valence-corrected chi connectivity index (χ0v) is 73.8. The number of rotatable bonds is 25. The number of hydrogen-bond donors (Lipinski definition) is 10. The first kappa shape index (κ1) is 88.3. The number of para-hydroxylation sites is 7. The number of phenolic OH excluding ortho intramolecular Hbond substituents is 5. The first-order valence-electron chi connectivity index (χ1n) is 40.0. The van der Waals surface area contributed by atoms with Crippen molar-refractivity contribution in [3.05, 3.63) is 419 Å². The summed E-state index contributed by atoms with van der Waals surface area (Å²) in [4.78, 5) is 0. The van der Waals surface area contributed by atoms with Crippen LogP contribution in [0.3, 0.4) is 0 Å². The van der Waals surface area contributed by atoms with Gasteiger partial charge in [0.25, 0.3) is 0 Å². The molecule has 0 aliphatic carbocycles. The van der Waals surface area contributed by atoms with Gasteiger partial charge in [-0.15, -0.1) is 0 Å². The highest BCUT2D eigenvalue weighted by Gasteiger charge is 2.22. The van der Waals surface area contributed by atoms with Gasteiger partial charge in [-0.25, -0.2) is 0 Å². The Kier molecular flexibility index (Phi) is 33.7. The zero-order chi connectivity index (χ0) is 83.7. The average molecular weight is 1660 g/mol. The van der Waals surface area contributed by atoms with Gasteiger partial charge in [-0.3, -0.25) is 0 Å². The fraction of sp³-hybridized carbons (Fsp3) is 0.135. The smallest absolute Gasteiger partial charge is 0.127 e. The maximum atomic E-state index is 10.9. The summed E-state index contributed by atoms with van der Waals surface area (Å²) in [6, 6.07) is 121. The lowest BCUT2D eigenvalue weighted by Crippen LogP contribution is -2.17. The molecule has 15 aromatic rings. The molecule has 0 spiro atoms. The van der Waals surface area contributed by atoms with Gasteiger partial charge in [0.2, 0.25) is 0 Å². The number of aromatic hydroxyl groups is 5. The third-order valence-corrected chi connectivity index (χ3v) is 26.6. The molecule has 15 aromatic carbocycles. The molecule has 0 heterocycles. The van der Waals surface area contributed by atoms with Gasteiger partial charge in [0.1, 0.15) is 28.7 Å². The topological polar surface area (TPSA) is 161 Å². The summed E-state index contributed by atoms with van der Waals surface area (Å²) in [5.41, 5.74) is 18.2. The van der Waals surface area contributed by atoms with E-state index in [0.29, 0.717) is 71.7 Å². The highest BCUT2D eigenvalue weighted by atomic mass is 31.1. The second kappa shape index (κ2) is 45.4. The quantitative estimate of drug-likeness (QED) is 0.0250. The molecular formula is C104H108N5O5P5. The summed E-state index contributed by atoms with van der Waals surface area (Å²) in [5.74, 6) is 2.02. The molecule has 0 aromatic heterocycles. The number of phenols is 5. The summed E-state index contributed by atoms with van der Waals surface area (Å²) in [7, 11) is 2.22. The molecule has 10 nitrogen and oxygen atoms in total. The minimum absolute atomic E-state index is 0.0796. The van der Waals surface area contributed by atoms with E-state index in [1.54, 1.807) is 12.1 Å². The van der Waals surface area contributed by atoms with Crippen molar-refractivity contribution >= 4 is 124 Å². The molecule has 0 bridgehead atoms. The molecule has 0 saturated heterocycles. The van der Waals surface area contributed by atoms with Crippen molar-refractivity contribution in [3.63, 3.8) is 0 Å². The van der Waals surface area contributed by atoms with Gasteiger partial charge in [0.15, 0.2) is 0 Å². The first-order chi connectivity index (χ1) is 57.8. The Balaban J connectivity index is 0.000000146. The zero-order valence-electron chi connectivity index (χ0n) is 68.8. The van der Waals surface area contributed by atoms with Gasteiger partial charge < -0.3 is 52.1 Å². The van der Waals surface area contributed by atoms with Crippen molar-refractivity contribution in [1.82, 2.24) is 0 Å². The summed E-state index contributed by atoms with van der Waals surface area (Å²) in [6.45, 7) is 20.4. The Labute approximate surface area is 713 Å². The van der Waals surface area contributed by atoms with Crippen LogP contribution in [0, 0.1) is 34.6 Å². The van der Waals surface area contributed by atoms with Crippen LogP contribution >= 0.6 is 42.9 Å². The van der Waals surface area contributed by atoms with Crippen molar-refractivity contribution in [3.8, 4) is 28.7 Å². The van der Waals surface area contributed by atoms with Crippen LogP contribution < -0.4 is 79.6 Å². The van der Waals surface area contributed by atoms with Crippen molar-refractivity contribution in [2.45, 2.75) is 93.5 Å². The predicted octanol–water partition coefficient (Wildman–Crippen LogP) is 21.0. The maximum absolute atomic E-state index is 10.9. The molecule has 10 N–H and O–H groups in total. The fourth-order valence-corrected chi connectivity index (χ4v) is 19.6. The monoisotopic (exact) mass is 1660 g/mol. The van der Waals surface area contributed by atoms with Gasteiger partial charge in [-0.1, -0.05) is 336 Å². The van der Waals surface area contributed by atoms with E-state index in [1.165, 1.54) is 71.0 Å². The van der Waals surface area contributed by atoms with Crippen molar-refractivity contribution in [1.29, 1.82) is 0 Å². The maximum Gasteiger partial charge on any atom is 0.127 e. The lowest BCUT2D eigenvalue weighted by molar-refractivity contribution is 0.450. The van der Waals surface area contributed by atoms with Gasteiger partial charge >= 0.3 is 0 Å². The van der Waals surface area contributed by atoms with Crippen LogP contribution in [0.15, 0.2) is 358 Å². The molecule has 5 atom stereocenters. The third-order valence-electron chi connectivity index (χ3n) is 19.5. The lowest BCUT2D eigenvalue weighted by Gasteiger charge is -2.23. The van der Waals surface area contributed by atoms with Crippen LogP contribution in [0.2, 0.25) is 0 Å². The van der Waals surface area contributed by atoms with E-state index in [4.69, 9.17) is 0 Å². The van der Waals surface area contributed by atoms with Crippen molar-refractivity contribution < 1.29 is 25.5 Å². The molecule has 15 rings (SSSR count). The second-order valence-corrected chi connectivity index (χ2v) is 36.6. The number of benzene rings is 15. The summed E-state index contributed by atoms with van der Waals surface area (Å²) >= 11 is 0. The van der Waals surface area contributed by atoms with E-state index in [2.05, 4.69) is 268 Å². The van der Waals surface area contributed by atoms with Crippen LogP contribution in [0.4, 0.5) is 28.4 Å². The first-order valence-corrected chi connectivity index (χ1v) is 45.0. The van der Waals surface area contributed by atoms with Crippen molar-refractivity contribution in [2.24, 2.45) is 0 Å². The Morgan fingerprint density at radius 1 is 0.218 bits per heavy atom. The van der Waals surface area contributed by atoms with E-state index in [0.717, 1.165) is 104 Å². The minimum Gasteiger partial charge on any atom is -0.507 e. The van der Waals surface area contributed by atoms with E-state index in [-0.39, 0.29) is 5.41 Å². The lowest BCUT2D eigenvalue weighted by atomic mass is 9.85. The molecule has 0 aliphatic rings. The Morgan fingerprint density at radius 3 is 0.849 bits per heavy atom. The highest BCUT2D eigenvalue weighted by Crippen LogP contribution is 2.35. The van der Waals surface area contributed by atoms with Crippen LogP contribution in [-0.4, -0.2) is 25.5 Å². The second-order valence-electron chi connectivity index (χ2n) is 30.0. The average Bonchev–Trinajstić information content (AvgIpc) is 0.788. The normalized spacial score (nSPS) is 11.2. The Bertz CT molecular complexity index is 5600. The number of hydrogen-bond acceptors (Lipinski definition) is 10. The third kappa shape index (κ3) is 27.8. The van der Waals surface area contributed by atoms with Crippen LogP contribution in [0.5, 0.6) is 28.7 Å². The molecular weight excluding hydrogens is 1550 g/mol. The fourth-order valence-electron chi connectivity index (χ4n) is 13.1. The molecule has 0 amide bonds. The molecule has 15 heteroatoms. The van der Waals surface area contributed by atoms with Crippen LogP contribution in [0.25, 0.3) is 0 Å². The summed E-state index contributed by atoms with van der Waals surface area (Å²) < 4.78 is 0. The van der Waals surface area contributed by atoms with Gasteiger partial charge in [-0.05, 0) is 208 Å². The molecule has 604 valence electrons. The molecule has 119 heavy (non-hydrogen) atoms. The highest BCUT2D eigenvalue weighted by molar-refractivity contribution is 7.57. The van der Waals surface area contributed by atoms with Gasteiger partial charge in [0, 0.05) is 93.2 Å². The molecule has 0 radical (unpaired) electrons. The largest absolute Gasteiger partial charge is 0.507 e. The van der Waals surface area contributed by atoms with E-state index in [1.807, 2.05) is 159 Å². The Hall–Kier alpha value is -11.6. The Morgan fingerprint density at radius 2 is 0.487 bits per heavy atom. The van der Waals surface area contributed by atoms with E-state index in [9.17, 15) is 25.5 Å². The molecule has 0 aliphatic heterocycles. The summed E-state index contributed by atoms with van der Waals surface area (Å²) in [6.07, 6.45) is 0. The minimum atomic E-state index is -0.0796.